The molecule has 4 nitrogen and oxygen atoms in total. The molecular weight excluding hydrogens is 288 g/mol. The molecule has 0 saturated carbocycles. The van der Waals surface area contributed by atoms with Crippen molar-refractivity contribution in [3.8, 4) is 0 Å². The standard InChI is InChI=1S/C19H20N2O2/c1-20(14-15-7-3-2-4-8-15)18(22)13-19(23)21-12-11-16-9-5-6-10-17(16)21/h2-10H,11-14H2,1H3. The maximum Gasteiger partial charge on any atom is 0.236 e. The zero-order valence-corrected chi connectivity index (χ0v) is 13.2. The molecule has 0 atom stereocenters. The summed E-state index contributed by atoms with van der Waals surface area (Å²) < 4.78 is 0. The monoisotopic (exact) mass is 308 g/mol. The maximum absolute atomic E-state index is 12.5. The summed E-state index contributed by atoms with van der Waals surface area (Å²) in [6.45, 7) is 1.18. The molecule has 2 amide bonds. The summed E-state index contributed by atoms with van der Waals surface area (Å²) in [5.74, 6) is -0.275. The summed E-state index contributed by atoms with van der Waals surface area (Å²) in [6.07, 6.45) is 0.771. The number of nitrogens with zero attached hydrogens (tertiary/aromatic N) is 2. The molecule has 0 radical (unpaired) electrons. The Balaban J connectivity index is 1.61. The third-order valence-corrected chi connectivity index (χ3v) is 4.18. The summed E-state index contributed by atoms with van der Waals surface area (Å²) in [5.41, 5.74) is 3.17. The molecule has 23 heavy (non-hydrogen) atoms. The molecule has 0 bridgehead atoms. The van der Waals surface area contributed by atoms with E-state index in [0.29, 0.717) is 13.1 Å². The van der Waals surface area contributed by atoms with E-state index in [1.54, 1.807) is 16.8 Å². The quantitative estimate of drug-likeness (QED) is 0.815. The van der Waals surface area contributed by atoms with Gasteiger partial charge in [0.2, 0.25) is 11.8 Å². The average Bonchev–Trinajstić information content (AvgIpc) is 2.99. The van der Waals surface area contributed by atoms with Crippen molar-refractivity contribution >= 4 is 17.5 Å². The molecule has 0 aromatic heterocycles. The predicted octanol–water partition coefficient (Wildman–Crippen LogP) is 2.62. The number of fused-ring (bicyclic) bond motifs is 1. The van der Waals surface area contributed by atoms with Crippen LogP contribution in [0.5, 0.6) is 0 Å². The summed E-state index contributed by atoms with van der Waals surface area (Å²) in [5, 5.41) is 0. The molecule has 2 aromatic rings. The van der Waals surface area contributed by atoms with Crippen molar-refractivity contribution in [2.75, 3.05) is 18.5 Å². The fourth-order valence-electron chi connectivity index (χ4n) is 2.90. The minimum Gasteiger partial charge on any atom is -0.341 e. The van der Waals surface area contributed by atoms with Crippen LogP contribution >= 0.6 is 0 Å². The van der Waals surface area contributed by atoms with Crippen molar-refractivity contribution in [3.05, 3.63) is 65.7 Å². The molecule has 118 valence electrons. The zero-order valence-electron chi connectivity index (χ0n) is 13.2. The van der Waals surface area contributed by atoms with Gasteiger partial charge in [-0.15, -0.1) is 0 Å². The Kier molecular flexibility index (Phi) is 4.42. The lowest BCUT2D eigenvalue weighted by Crippen LogP contribution is -2.35. The number of rotatable bonds is 4. The number of carbonyl (C=O) groups is 2. The number of para-hydroxylation sites is 1. The van der Waals surface area contributed by atoms with Gasteiger partial charge in [0.25, 0.3) is 0 Å². The summed E-state index contributed by atoms with van der Waals surface area (Å²) in [7, 11) is 1.74. The molecule has 0 fully saturated rings. The molecule has 3 rings (SSSR count). The maximum atomic E-state index is 12.5. The van der Waals surface area contributed by atoms with Gasteiger partial charge >= 0.3 is 0 Å². The van der Waals surface area contributed by atoms with Crippen LogP contribution in [-0.2, 0) is 22.6 Å². The van der Waals surface area contributed by atoms with Gasteiger partial charge in [0.1, 0.15) is 6.42 Å². The molecule has 0 aliphatic carbocycles. The first-order valence-corrected chi connectivity index (χ1v) is 7.81. The second-order valence-corrected chi connectivity index (χ2v) is 5.84. The lowest BCUT2D eigenvalue weighted by atomic mass is 10.2. The largest absolute Gasteiger partial charge is 0.341 e. The highest BCUT2D eigenvalue weighted by Gasteiger charge is 2.26. The van der Waals surface area contributed by atoms with Gasteiger partial charge in [-0.25, -0.2) is 0 Å². The number of amides is 2. The van der Waals surface area contributed by atoms with Crippen LogP contribution < -0.4 is 4.90 Å². The molecule has 2 aromatic carbocycles. The van der Waals surface area contributed by atoms with Crippen molar-refractivity contribution in [3.63, 3.8) is 0 Å². The van der Waals surface area contributed by atoms with Crippen LogP contribution in [-0.4, -0.2) is 30.3 Å². The highest BCUT2D eigenvalue weighted by Crippen LogP contribution is 2.27. The van der Waals surface area contributed by atoms with Gasteiger partial charge in [-0.1, -0.05) is 48.5 Å². The van der Waals surface area contributed by atoms with Crippen LogP contribution in [0.2, 0.25) is 0 Å². The Labute approximate surface area is 136 Å². The smallest absolute Gasteiger partial charge is 0.236 e. The van der Waals surface area contributed by atoms with Gasteiger partial charge < -0.3 is 9.80 Å². The first kappa shape index (κ1) is 15.3. The van der Waals surface area contributed by atoms with Crippen molar-refractivity contribution in [1.82, 2.24) is 4.90 Å². The molecule has 0 spiro atoms. The molecule has 1 aliphatic heterocycles. The van der Waals surface area contributed by atoms with Gasteiger partial charge in [0.05, 0.1) is 0 Å². The van der Waals surface area contributed by atoms with E-state index in [0.717, 1.165) is 17.7 Å². The van der Waals surface area contributed by atoms with Gasteiger partial charge in [-0.2, -0.15) is 0 Å². The first-order valence-electron chi connectivity index (χ1n) is 7.81. The summed E-state index contributed by atoms with van der Waals surface area (Å²) in [6, 6.07) is 17.7. The lowest BCUT2D eigenvalue weighted by Gasteiger charge is -2.20. The lowest BCUT2D eigenvalue weighted by molar-refractivity contribution is -0.134. The molecular formula is C19H20N2O2. The van der Waals surface area contributed by atoms with E-state index in [2.05, 4.69) is 0 Å². The Bertz CT molecular complexity index is 712. The zero-order chi connectivity index (χ0) is 16.2. The number of anilines is 1. The van der Waals surface area contributed by atoms with E-state index in [9.17, 15) is 9.59 Å². The van der Waals surface area contributed by atoms with Crippen LogP contribution in [0.4, 0.5) is 5.69 Å². The number of benzene rings is 2. The second-order valence-electron chi connectivity index (χ2n) is 5.84. The normalized spacial score (nSPS) is 12.8. The van der Waals surface area contributed by atoms with Crippen molar-refractivity contribution in [2.45, 2.75) is 19.4 Å². The topological polar surface area (TPSA) is 40.6 Å². The minimum absolute atomic E-state index is 0.0856. The molecule has 1 aliphatic rings. The van der Waals surface area contributed by atoms with E-state index in [1.165, 1.54) is 5.56 Å². The first-order chi connectivity index (χ1) is 11.1. The van der Waals surface area contributed by atoms with Crippen LogP contribution in [0.25, 0.3) is 0 Å². The highest BCUT2D eigenvalue weighted by atomic mass is 16.2. The molecule has 0 saturated heterocycles. The Morgan fingerprint density at radius 1 is 1.04 bits per heavy atom. The number of carbonyl (C=O) groups excluding carboxylic acids is 2. The Morgan fingerprint density at radius 3 is 2.52 bits per heavy atom. The van der Waals surface area contributed by atoms with Crippen LogP contribution in [0.15, 0.2) is 54.6 Å². The second kappa shape index (κ2) is 6.65. The van der Waals surface area contributed by atoms with Gasteiger partial charge in [0.15, 0.2) is 0 Å². The predicted molar refractivity (Wildman–Crippen MR) is 90.0 cm³/mol. The van der Waals surface area contributed by atoms with E-state index < -0.39 is 0 Å². The minimum atomic E-state index is -0.150. The van der Waals surface area contributed by atoms with Crippen LogP contribution in [0.1, 0.15) is 17.5 Å². The fraction of sp³-hybridized carbons (Fsp3) is 0.263. The Morgan fingerprint density at radius 2 is 1.74 bits per heavy atom. The van der Waals surface area contributed by atoms with Gasteiger partial charge in [-0.3, -0.25) is 9.59 Å². The Hall–Kier alpha value is -2.62. The molecule has 1 heterocycles. The van der Waals surface area contributed by atoms with E-state index in [4.69, 9.17) is 0 Å². The molecule has 0 N–H and O–H groups in total. The SMILES string of the molecule is CN(Cc1ccccc1)C(=O)CC(=O)N1CCc2ccccc21. The molecule has 4 heteroatoms. The van der Waals surface area contributed by atoms with Crippen molar-refractivity contribution in [1.29, 1.82) is 0 Å². The van der Waals surface area contributed by atoms with Crippen molar-refractivity contribution in [2.24, 2.45) is 0 Å². The van der Waals surface area contributed by atoms with Crippen LogP contribution in [0, 0.1) is 0 Å². The number of hydrogen-bond acceptors (Lipinski definition) is 2. The summed E-state index contributed by atoms with van der Waals surface area (Å²) >= 11 is 0. The van der Waals surface area contributed by atoms with Gasteiger partial charge in [0, 0.05) is 25.8 Å². The average molecular weight is 308 g/mol. The van der Waals surface area contributed by atoms with E-state index in [-0.39, 0.29) is 18.2 Å². The van der Waals surface area contributed by atoms with E-state index >= 15 is 0 Å². The van der Waals surface area contributed by atoms with Crippen LogP contribution in [0.3, 0.4) is 0 Å². The van der Waals surface area contributed by atoms with Crippen molar-refractivity contribution < 1.29 is 9.59 Å². The number of hydrogen-bond donors (Lipinski definition) is 0. The van der Waals surface area contributed by atoms with Gasteiger partial charge in [-0.05, 0) is 23.6 Å². The third kappa shape index (κ3) is 3.42. The fourth-order valence-corrected chi connectivity index (χ4v) is 2.90. The van der Waals surface area contributed by atoms with E-state index in [1.807, 2.05) is 54.6 Å². The molecule has 0 unspecified atom stereocenters. The summed E-state index contributed by atoms with van der Waals surface area (Å²) in [4.78, 5) is 28.1. The highest BCUT2D eigenvalue weighted by molar-refractivity contribution is 6.05. The third-order valence-electron chi connectivity index (χ3n) is 4.18.